The van der Waals surface area contributed by atoms with Crippen LogP contribution in [0.5, 0.6) is 0 Å². The molecule has 3 saturated carbocycles. The van der Waals surface area contributed by atoms with Crippen LogP contribution < -0.4 is 21.3 Å². The number of hydrogen-bond acceptors (Lipinski definition) is 5. The molecule has 41 heavy (non-hydrogen) atoms. The van der Waals surface area contributed by atoms with E-state index in [4.69, 9.17) is 4.74 Å². The maximum Gasteiger partial charge on any atom is 0.408 e. The topological polar surface area (TPSA) is 126 Å². The minimum absolute atomic E-state index is 0.0673. The maximum absolute atomic E-state index is 13.8. The Morgan fingerprint density at radius 2 is 1.44 bits per heavy atom. The zero-order valence-electron chi connectivity index (χ0n) is 24.2. The highest BCUT2D eigenvalue weighted by atomic mass is 16.5. The summed E-state index contributed by atoms with van der Waals surface area (Å²) in [5.41, 5.74) is 1.06. The van der Waals surface area contributed by atoms with Crippen molar-refractivity contribution in [3.05, 3.63) is 71.8 Å². The molecule has 4 N–H and O–H groups in total. The van der Waals surface area contributed by atoms with E-state index in [1.165, 1.54) is 0 Å². The molecule has 2 aromatic rings. The fourth-order valence-corrected chi connectivity index (χ4v) is 5.98. The van der Waals surface area contributed by atoms with Crippen molar-refractivity contribution in [2.45, 2.75) is 89.6 Å². The minimum Gasteiger partial charge on any atom is -0.445 e. The van der Waals surface area contributed by atoms with Gasteiger partial charge in [-0.15, -0.1) is 0 Å². The lowest BCUT2D eigenvalue weighted by Gasteiger charge is -2.52. The Morgan fingerprint density at radius 1 is 0.829 bits per heavy atom. The number of hydrogen-bond donors (Lipinski definition) is 4. The first-order valence-corrected chi connectivity index (χ1v) is 14.6. The Labute approximate surface area is 242 Å². The largest absolute Gasteiger partial charge is 0.445 e. The van der Waals surface area contributed by atoms with Crippen molar-refractivity contribution in [3.63, 3.8) is 0 Å². The SMILES string of the molecule is CC(C)NC(=O)[C@H](Cc1ccccc1)NC(=O)[C@H]1CC2CCC1(NC(=O)[C@H](C)NC(=O)OCc1ccccc1)CC2. The molecule has 0 unspecified atom stereocenters. The first kappa shape index (κ1) is 30.1. The number of fused-ring (bicyclic) bond motifs is 3. The van der Waals surface area contributed by atoms with E-state index in [9.17, 15) is 19.2 Å². The lowest BCUT2D eigenvalue weighted by atomic mass is 9.59. The molecule has 9 heteroatoms. The Bertz CT molecular complexity index is 1200. The van der Waals surface area contributed by atoms with Crippen molar-refractivity contribution in [1.29, 1.82) is 0 Å². The molecule has 3 aliphatic rings. The molecule has 0 saturated heterocycles. The number of alkyl carbamates (subject to hydrolysis) is 1. The molecule has 4 amide bonds. The van der Waals surface area contributed by atoms with E-state index in [0.717, 1.165) is 24.0 Å². The summed E-state index contributed by atoms with van der Waals surface area (Å²) < 4.78 is 5.27. The lowest BCUT2D eigenvalue weighted by Crippen LogP contribution is -2.66. The molecule has 3 aliphatic carbocycles. The normalized spacial score (nSPS) is 22.7. The van der Waals surface area contributed by atoms with Crippen LogP contribution >= 0.6 is 0 Å². The molecular weight excluding hydrogens is 520 g/mol. The quantitative estimate of drug-likeness (QED) is 0.333. The highest BCUT2D eigenvalue weighted by Gasteiger charge is 2.52. The van der Waals surface area contributed by atoms with E-state index in [1.54, 1.807) is 6.92 Å². The molecule has 9 nitrogen and oxygen atoms in total. The second-order valence-corrected chi connectivity index (χ2v) is 11.7. The summed E-state index contributed by atoms with van der Waals surface area (Å²) in [7, 11) is 0. The molecule has 2 aromatic carbocycles. The molecule has 220 valence electrons. The number of ether oxygens (including phenoxy) is 1. The molecule has 0 aliphatic heterocycles. The van der Waals surface area contributed by atoms with Gasteiger partial charge in [0, 0.05) is 12.5 Å². The Kier molecular flexibility index (Phi) is 10.0. The van der Waals surface area contributed by atoms with Gasteiger partial charge >= 0.3 is 6.09 Å². The van der Waals surface area contributed by atoms with Gasteiger partial charge in [0.2, 0.25) is 17.7 Å². The van der Waals surface area contributed by atoms with Crippen molar-refractivity contribution in [2.24, 2.45) is 11.8 Å². The van der Waals surface area contributed by atoms with E-state index in [1.807, 2.05) is 74.5 Å². The standard InChI is InChI=1S/C32H42N4O5/c1-21(2)33-30(39)27(19-23-10-6-4-7-11-23)35-29(38)26-18-24-14-16-32(26,17-15-24)36-28(37)22(3)34-31(40)41-20-25-12-8-5-9-13-25/h4-13,21-22,24,26-27H,14-20H2,1-3H3,(H,33,39)(H,34,40)(H,35,38)(H,36,37)/t22-,24?,26+,27-,32?/m0/s1. The Hall–Kier alpha value is -3.88. The fraction of sp³-hybridized carbons (Fsp3) is 0.500. The number of benzene rings is 2. The van der Waals surface area contributed by atoms with E-state index in [2.05, 4.69) is 21.3 Å². The van der Waals surface area contributed by atoms with Gasteiger partial charge in [-0.3, -0.25) is 14.4 Å². The van der Waals surface area contributed by atoms with Crippen molar-refractivity contribution >= 4 is 23.8 Å². The monoisotopic (exact) mass is 562 g/mol. The highest BCUT2D eigenvalue weighted by molar-refractivity contribution is 5.91. The van der Waals surface area contributed by atoms with Gasteiger partial charge < -0.3 is 26.0 Å². The van der Waals surface area contributed by atoms with E-state index in [-0.39, 0.29) is 30.4 Å². The van der Waals surface area contributed by atoms with E-state index < -0.39 is 29.6 Å². The van der Waals surface area contributed by atoms with Crippen LogP contribution in [0.3, 0.4) is 0 Å². The third-order valence-corrected chi connectivity index (χ3v) is 8.21. The molecule has 0 heterocycles. The molecule has 0 aromatic heterocycles. The lowest BCUT2D eigenvalue weighted by molar-refractivity contribution is -0.139. The van der Waals surface area contributed by atoms with E-state index in [0.29, 0.717) is 31.6 Å². The summed E-state index contributed by atoms with van der Waals surface area (Å²) in [4.78, 5) is 52.5. The van der Waals surface area contributed by atoms with Crippen LogP contribution in [0.2, 0.25) is 0 Å². The summed E-state index contributed by atoms with van der Waals surface area (Å²) >= 11 is 0. The van der Waals surface area contributed by atoms with Gasteiger partial charge in [0.05, 0.1) is 11.5 Å². The minimum atomic E-state index is -0.848. The zero-order chi connectivity index (χ0) is 29.4. The van der Waals surface area contributed by atoms with Crippen molar-refractivity contribution in [2.75, 3.05) is 0 Å². The highest BCUT2D eigenvalue weighted by Crippen LogP contribution is 2.48. The number of carbonyl (C=O) groups is 4. The molecule has 5 rings (SSSR count). The summed E-state index contributed by atoms with van der Waals surface area (Å²) in [6, 6.07) is 17.3. The number of rotatable bonds is 11. The Morgan fingerprint density at radius 3 is 2.05 bits per heavy atom. The summed E-state index contributed by atoms with van der Waals surface area (Å²) in [6.45, 7) is 5.47. The molecule has 2 bridgehead atoms. The van der Waals surface area contributed by atoms with Crippen LogP contribution in [0, 0.1) is 11.8 Å². The summed E-state index contributed by atoms with van der Waals surface area (Å²) in [6.07, 6.45) is 3.53. The summed E-state index contributed by atoms with van der Waals surface area (Å²) in [5.74, 6) is -0.884. The second kappa shape index (κ2) is 13.7. The molecule has 0 radical (unpaired) electrons. The number of amides is 4. The molecule has 3 fully saturated rings. The van der Waals surface area contributed by atoms with Crippen LogP contribution in [0.25, 0.3) is 0 Å². The average Bonchev–Trinajstić information content (AvgIpc) is 2.96. The van der Waals surface area contributed by atoms with Crippen LogP contribution in [0.4, 0.5) is 4.79 Å². The van der Waals surface area contributed by atoms with Crippen LogP contribution in [-0.2, 0) is 32.1 Å². The predicted octanol–water partition coefficient (Wildman–Crippen LogP) is 3.62. The maximum atomic E-state index is 13.8. The van der Waals surface area contributed by atoms with Gasteiger partial charge in [-0.2, -0.15) is 0 Å². The van der Waals surface area contributed by atoms with Gasteiger partial charge in [-0.05, 0) is 69.9 Å². The van der Waals surface area contributed by atoms with Crippen LogP contribution in [0.15, 0.2) is 60.7 Å². The van der Waals surface area contributed by atoms with Gasteiger partial charge in [-0.25, -0.2) is 4.79 Å². The Balaban J connectivity index is 1.41. The van der Waals surface area contributed by atoms with Gasteiger partial charge in [-0.1, -0.05) is 60.7 Å². The first-order valence-electron chi connectivity index (χ1n) is 14.6. The average molecular weight is 563 g/mol. The second-order valence-electron chi connectivity index (χ2n) is 11.7. The first-order chi connectivity index (χ1) is 19.6. The number of nitrogens with one attached hydrogen (secondary N) is 4. The third kappa shape index (κ3) is 8.08. The number of carbonyl (C=O) groups excluding carboxylic acids is 4. The molecule has 0 spiro atoms. The predicted molar refractivity (Wildman–Crippen MR) is 156 cm³/mol. The third-order valence-electron chi connectivity index (χ3n) is 8.21. The van der Waals surface area contributed by atoms with Gasteiger partial charge in [0.25, 0.3) is 0 Å². The van der Waals surface area contributed by atoms with Crippen LogP contribution in [0.1, 0.15) is 64.0 Å². The smallest absolute Gasteiger partial charge is 0.408 e. The molecular formula is C32H42N4O5. The van der Waals surface area contributed by atoms with Crippen LogP contribution in [-0.4, -0.2) is 47.5 Å². The zero-order valence-corrected chi connectivity index (χ0v) is 24.2. The van der Waals surface area contributed by atoms with Crippen molar-refractivity contribution in [1.82, 2.24) is 21.3 Å². The molecule has 3 atom stereocenters. The van der Waals surface area contributed by atoms with Gasteiger partial charge in [0.15, 0.2) is 0 Å². The van der Waals surface area contributed by atoms with Crippen molar-refractivity contribution < 1.29 is 23.9 Å². The van der Waals surface area contributed by atoms with Gasteiger partial charge in [0.1, 0.15) is 18.7 Å². The van der Waals surface area contributed by atoms with Crippen molar-refractivity contribution in [3.8, 4) is 0 Å². The summed E-state index contributed by atoms with van der Waals surface area (Å²) in [5, 5.41) is 11.7. The fourth-order valence-electron chi connectivity index (χ4n) is 5.98. The van der Waals surface area contributed by atoms with E-state index >= 15 is 0 Å².